The molecule has 138 valence electrons. The molecule has 4 heteroatoms. The summed E-state index contributed by atoms with van der Waals surface area (Å²) in [5.41, 5.74) is 2.92. The van der Waals surface area contributed by atoms with Gasteiger partial charge in [-0.25, -0.2) is 0 Å². The van der Waals surface area contributed by atoms with Gasteiger partial charge >= 0.3 is 0 Å². The first-order valence-electron chi connectivity index (χ1n) is 9.16. The lowest BCUT2D eigenvalue weighted by Crippen LogP contribution is -2.22. The molecule has 0 spiro atoms. The minimum absolute atomic E-state index is 0.0971. The van der Waals surface area contributed by atoms with Gasteiger partial charge in [-0.3, -0.25) is 4.79 Å². The highest BCUT2D eigenvalue weighted by Gasteiger charge is 2.06. The molecule has 0 aliphatic carbocycles. The lowest BCUT2D eigenvalue weighted by atomic mass is 10.1. The minimum atomic E-state index is -0.0971. The Labute approximate surface area is 160 Å². The van der Waals surface area contributed by atoms with E-state index < -0.39 is 0 Å². The third kappa shape index (κ3) is 6.19. The van der Waals surface area contributed by atoms with Crippen molar-refractivity contribution in [3.8, 4) is 5.75 Å². The summed E-state index contributed by atoms with van der Waals surface area (Å²) in [7, 11) is 0. The van der Waals surface area contributed by atoms with Crippen LogP contribution in [0.2, 0.25) is 0 Å². The maximum atomic E-state index is 12.1. The van der Waals surface area contributed by atoms with Gasteiger partial charge in [0.25, 0.3) is 0 Å². The van der Waals surface area contributed by atoms with Gasteiger partial charge in [-0.15, -0.1) is 0 Å². The number of carbonyl (C=O) groups excluding carboxylic acids is 1. The Kier molecular flexibility index (Phi) is 6.87. The van der Waals surface area contributed by atoms with E-state index in [-0.39, 0.29) is 12.5 Å². The van der Waals surface area contributed by atoms with Gasteiger partial charge in [0.1, 0.15) is 5.75 Å². The zero-order valence-corrected chi connectivity index (χ0v) is 15.2. The molecule has 3 aromatic carbocycles. The Balaban J connectivity index is 1.46. The highest BCUT2D eigenvalue weighted by atomic mass is 16.5. The molecule has 0 heterocycles. The molecule has 0 unspecified atom stereocenters. The Hall–Kier alpha value is -3.27. The Bertz CT molecular complexity index is 835. The summed E-state index contributed by atoms with van der Waals surface area (Å²) in [4.78, 5) is 12.1. The molecule has 0 aromatic heterocycles. The molecule has 0 atom stereocenters. The Morgan fingerprint density at radius 3 is 2.26 bits per heavy atom. The molecule has 0 bridgehead atoms. The highest BCUT2D eigenvalue weighted by molar-refractivity contribution is 5.93. The van der Waals surface area contributed by atoms with E-state index in [1.165, 1.54) is 5.56 Å². The first-order valence-corrected chi connectivity index (χ1v) is 9.16. The van der Waals surface area contributed by atoms with Crippen LogP contribution in [0.5, 0.6) is 5.75 Å². The number of aryl methyl sites for hydroxylation is 1. The van der Waals surface area contributed by atoms with Gasteiger partial charge in [-0.2, -0.15) is 0 Å². The number of anilines is 2. The first kappa shape index (κ1) is 18.5. The second-order valence-electron chi connectivity index (χ2n) is 6.20. The Morgan fingerprint density at radius 2 is 1.48 bits per heavy atom. The van der Waals surface area contributed by atoms with Gasteiger partial charge in [0.05, 0.1) is 18.8 Å². The average Bonchev–Trinajstić information content (AvgIpc) is 2.72. The number of nitrogens with one attached hydrogen (secondary N) is 2. The topological polar surface area (TPSA) is 50.4 Å². The van der Waals surface area contributed by atoms with Crippen LogP contribution in [0, 0.1) is 0 Å². The predicted molar refractivity (Wildman–Crippen MR) is 110 cm³/mol. The molecule has 0 saturated heterocycles. The number of benzene rings is 3. The summed E-state index contributed by atoms with van der Waals surface area (Å²) in [5.74, 6) is 0.665. The van der Waals surface area contributed by atoms with Crippen molar-refractivity contribution in [3.05, 3.63) is 90.5 Å². The second-order valence-corrected chi connectivity index (χ2v) is 6.20. The maximum absolute atomic E-state index is 12.1. The molecule has 0 aliphatic rings. The van der Waals surface area contributed by atoms with Crippen molar-refractivity contribution in [1.29, 1.82) is 0 Å². The van der Waals surface area contributed by atoms with Crippen LogP contribution in [0.1, 0.15) is 12.0 Å². The van der Waals surface area contributed by atoms with Crippen LogP contribution in [0.25, 0.3) is 0 Å². The third-order valence-electron chi connectivity index (χ3n) is 4.09. The van der Waals surface area contributed by atoms with E-state index in [4.69, 9.17) is 4.74 Å². The molecule has 0 fully saturated rings. The molecule has 1 amide bonds. The fourth-order valence-electron chi connectivity index (χ4n) is 2.74. The summed E-state index contributed by atoms with van der Waals surface area (Å²) in [6.07, 6.45) is 1.92. The monoisotopic (exact) mass is 360 g/mol. The number of hydrogen-bond acceptors (Lipinski definition) is 3. The fraction of sp³-hybridized carbons (Fsp3) is 0.174. The summed E-state index contributed by atoms with van der Waals surface area (Å²) in [6, 6.07) is 27.5. The van der Waals surface area contributed by atoms with Crippen LogP contribution < -0.4 is 15.4 Å². The number of ether oxygens (including phenoxy) is 1. The normalized spacial score (nSPS) is 10.2. The van der Waals surface area contributed by atoms with Gasteiger partial charge < -0.3 is 15.4 Å². The van der Waals surface area contributed by atoms with E-state index in [0.29, 0.717) is 6.61 Å². The summed E-state index contributed by atoms with van der Waals surface area (Å²) >= 11 is 0. The maximum Gasteiger partial charge on any atom is 0.243 e. The molecule has 27 heavy (non-hydrogen) atoms. The number of rotatable bonds is 9. The van der Waals surface area contributed by atoms with Crippen molar-refractivity contribution < 1.29 is 9.53 Å². The zero-order chi connectivity index (χ0) is 18.7. The smallest absolute Gasteiger partial charge is 0.243 e. The predicted octanol–water partition coefficient (Wildman–Crippen LogP) is 4.75. The van der Waals surface area contributed by atoms with Gasteiger partial charge in [0.2, 0.25) is 5.91 Å². The van der Waals surface area contributed by atoms with E-state index in [1.807, 2.05) is 60.7 Å². The van der Waals surface area contributed by atoms with Crippen LogP contribution in [0.3, 0.4) is 0 Å². The zero-order valence-electron chi connectivity index (χ0n) is 15.2. The van der Waals surface area contributed by atoms with Crippen molar-refractivity contribution in [2.75, 3.05) is 23.8 Å². The number of carbonyl (C=O) groups is 1. The molecular weight excluding hydrogens is 336 g/mol. The van der Waals surface area contributed by atoms with Gasteiger partial charge in [-0.05, 0) is 42.7 Å². The standard InChI is InChI=1S/C23H24N2O2/c26-23(25-20-13-5-2-6-14-20)18-24-21-15-7-8-16-22(21)27-17-9-12-19-10-3-1-4-11-19/h1-8,10-11,13-16,24H,9,12,17-18H2,(H,25,26). The van der Waals surface area contributed by atoms with Crippen LogP contribution in [-0.2, 0) is 11.2 Å². The summed E-state index contributed by atoms with van der Waals surface area (Å²) in [6.45, 7) is 0.809. The van der Waals surface area contributed by atoms with Crippen LogP contribution in [0.4, 0.5) is 11.4 Å². The van der Waals surface area contributed by atoms with E-state index in [0.717, 1.165) is 30.0 Å². The third-order valence-corrected chi connectivity index (χ3v) is 4.09. The van der Waals surface area contributed by atoms with Crippen LogP contribution in [0.15, 0.2) is 84.9 Å². The van der Waals surface area contributed by atoms with Gasteiger partial charge in [0, 0.05) is 5.69 Å². The number of hydrogen-bond donors (Lipinski definition) is 2. The van der Waals surface area contributed by atoms with E-state index in [2.05, 4.69) is 34.9 Å². The fourth-order valence-corrected chi connectivity index (χ4v) is 2.74. The molecule has 0 saturated carbocycles. The largest absolute Gasteiger partial charge is 0.491 e. The van der Waals surface area contributed by atoms with Crippen LogP contribution in [-0.4, -0.2) is 19.1 Å². The molecule has 0 aliphatic heterocycles. The lowest BCUT2D eigenvalue weighted by Gasteiger charge is -2.13. The van der Waals surface area contributed by atoms with E-state index in [1.54, 1.807) is 0 Å². The van der Waals surface area contributed by atoms with E-state index in [9.17, 15) is 4.79 Å². The highest BCUT2D eigenvalue weighted by Crippen LogP contribution is 2.23. The van der Waals surface area contributed by atoms with Gasteiger partial charge in [-0.1, -0.05) is 60.7 Å². The Morgan fingerprint density at radius 1 is 0.815 bits per heavy atom. The van der Waals surface area contributed by atoms with Crippen molar-refractivity contribution in [2.45, 2.75) is 12.8 Å². The van der Waals surface area contributed by atoms with Crippen molar-refractivity contribution in [1.82, 2.24) is 0 Å². The molecule has 3 rings (SSSR count). The quantitative estimate of drug-likeness (QED) is 0.542. The minimum Gasteiger partial charge on any atom is -0.491 e. The van der Waals surface area contributed by atoms with Crippen molar-refractivity contribution in [2.24, 2.45) is 0 Å². The number of para-hydroxylation sites is 3. The second kappa shape index (κ2) is 10.0. The summed E-state index contributed by atoms with van der Waals surface area (Å²) < 4.78 is 5.92. The molecule has 0 radical (unpaired) electrons. The molecular formula is C23H24N2O2. The summed E-state index contributed by atoms with van der Waals surface area (Å²) in [5, 5.41) is 6.01. The average molecular weight is 360 g/mol. The lowest BCUT2D eigenvalue weighted by molar-refractivity contribution is -0.114. The van der Waals surface area contributed by atoms with E-state index >= 15 is 0 Å². The van der Waals surface area contributed by atoms with Gasteiger partial charge in [0.15, 0.2) is 0 Å². The first-order chi connectivity index (χ1) is 13.3. The molecule has 3 aromatic rings. The molecule has 4 nitrogen and oxygen atoms in total. The van der Waals surface area contributed by atoms with Crippen molar-refractivity contribution in [3.63, 3.8) is 0 Å². The molecule has 2 N–H and O–H groups in total. The number of amides is 1. The van der Waals surface area contributed by atoms with Crippen LogP contribution >= 0.6 is 0 Å². The van der Waals surface area contributed by atoms with Crippen molar-refractivity contribution >= 4 is 17.3 Å². The SMILES string of the molecule is O=C(CNc1ccccc1OCCCc1ccccc1)Nc1ccccc1.